The summed E-state index contributed by atoms with van der Waals surface area (Å²) in [4.78, 5) is 22.0. The van der Waals surface area contributed by atoms with Crippen molar-refractivity contribution in [3.8, 4) is 0 Å². The summed E-state index contributed by atoms with van der Waals surface area (Å²) >= 11 is 0. The fourth-order valence-corrected chi connectivity index (χ4v) is 3.41. The molecule has 19 heavy (non-hydrogen) atoms. The molecule has 0 radical (unpaired) electrons. The van der Waals surface area contributed by atoms with Gasteiger partial charge in [0.1, 0.15) is 0 Å². The van der Waals surface area contributed by atoms with Gasteiger partial charge in [0.05, 0.1) is 23.8 Å². The summed E-state index contributed by atoms with van der Waals surface area (Å²) in [7, 11) is 0. The number of nitrogens with zero attached hydrogens (tertiary/aromatic N) is 2. The smallest absolute Gasteiger partial charge is 0.240 e. The molecule has 5 heteroatoms. The first-order chi connectivity index (χ1) is 9.13. The lowest BCUT2D eigenvalue weighted by atomic mass is 9.91. The van der Waals surface area contributed by atoms with Crippen LogP contribution in [0.4, 0.5) is 0 Å². The lowest BCUT2D eigenvalue weighted by molar-refractivity contribution is -0.136. The van der Waals surface area contributed by atoms with Crippen LogP contribution in [0.5, 0.6) is 0 Å². The topological polar surface area (TPSA) is 61.0 Å². The maximum atomic E-state index is 12.6. The Hall–Kier alpha value is -1.36. The van der Waals surface area contributed by atoms with Crippen LogP contribution in [0, 0.1) is 11.8 Å². The van der Waals surface area contributed by atoms with Crippen molar-refractivity contribution in [2.75, 3.05) is 13.1 Å². The van der Waals surface area contributed by atoms with Crippen molar-refractivity contribution in [2.45, 2.75) is 39.3 Å². The van der Waals surface area contributed by atoms with E-state index in [1.165, 1.54) is 6.42 Å². The Balaban J connectivity index is 1.68. The molecular formula is C14H22N4O. The number of aromatic amines is 1. The fraction of sp³-hybridized carbons (Fsp3) is 0.714. The van der Waals surface area contributed by atoms with Gasteiger partial charge in [-0.1, -0.05) is 13.8 Å². The monoisotopic (exact) mass is 262 g/mol. The number of likely N-dealkylation sites (tertiary alicyclic amines) is 1. The molecule has 3 unspecified atom stereocenters. The number of amides is 1. The predicted octanol–water partition coefficient (Wildman–Crippen LogP) is 0.928. The number of carbonyl (C=O) groups excluding carboxylic acids is 1. The number of aromatic nitrogens is 2. The number of hydrogen-bond acceptors (Lipinski definition) is 3. The minimum atomic E-state index is -0.103. The van der Waals surface area contributed by atoms with E-state index in [9.17, 15) is 4.79 Å². The Morgan fingerprint density at radius 3 is 2.84 bits per heavy atom. The molecule has 2 aliphatic rings. The highest BCUT2D eigenvalue weighted by molar-refractivity contribution is 5.82. The highest BCUT2D eigenvalue weighted by Crippen LogP contribution is 2.22. The van der Waals surface area contributed by atoms with E-state index in [-0.39, 0.29) is 11.9 Å². The second-order valence-corrected chi connectivity index (χ2v) is 6.15. The van der Waals surface area contributed by atoms with Crippen molar-refractivity contribution in [2.24, 2.45) is 11.8 Å². The molecule has 0 aromatic carbocycles. The van der Waals surface area contributed by atoms with E-state index >= 15 is 0 Å². The molecule has 5 nitrogen and oxygen atoms in total. The summed E-state index contributed by atoms with van der Waals surface area (Å²) in [6, 6.07) is -0.103. The molecule has 0 saturated carbocycles. The largest absolute Gasteiger partial charge is 0.347 e. The summed E-state index contributed by atoms with van der Waals surface area (Å²) < 4.78 is 0. The minimum absolute atomic E-state index is 0.103. The van der Waals surface area contributed by atoms with Crippen LogP contribution in [-0.2, 0) is 17.8 Å². The molecule has 1 aromatic rings. The third-order valence-electron chi connectivity index (χ3n) is 4.21. The van der Waals surface area contributed by atoms with Crippen molar-refractivity contribution in [1.29, 1.82) is 0 Å². The van der Waals surface area contributed by atoms with Crippen LogP contribution in [-0.4, -0.2) is 39.9 Å². The van der Waals surface area contributed by atoms with Crippen molar-refractivity contribution < 1.29 is 4.79 Å². The molecule has 1 amide bonds. The maximum absolute atomic E-state index is 12.6. The summed E-state index contributed by atoms with van der Waals surface area (Å²) in [6.07, 6.45) is 3.65. The van der Waals surface area contributed by atoms with E-state index in [4.69, 9.17) is 0 Å². The SMILES string of the molecule is CC1CC(C)CN(C(=O)C2Cc3nc[nH]c3CN2)C1. The molecule has 2 aliphatic heterocycles. The van der Waals surface area contributed by atoms with E-state index in [1.54, 1.807) is 6.33 Å². The van der Waals surface area contributed by atoms with Crippen LogP contribution in [0.2, 0.25) is 0 Å². The number of imidazole rings is 1. The van der Waals surface area contributed by atoms with Gasteiger partial charge in [-0.2, -0.15) is 0 Å². The van der Waals surface area contributed by atoms with Gasteiger partial charge in [-0.25, -0.2) is 4.98 Å². The molecule has 3 rings (SSSR count). The number of fused-ring (bicyclic) bond motifs is 1. The molecule has 0 spiro atoms. The molecule has 0 aliphatic carbocycles. The second-order valence-electron chi connectivity index (χ2n) is 6.15. The first-order valence-electron chi connectivity index (χ1n) is 7.16. The normalized spacial score (nSPS) is 31.1. The molecule has 3 atom stereocenters. The molecule has 104 valence electrons. The van der Waals surface area contributed by atoms with Gasteiger partial charge in [0.25, 0.3) is 0 Å². The van der Waals surface area contributed by atoms with Crippen molar-refractivity contribution in [1.82, 2.24) is 20.2 Å². The van der Waals surface area contributed by atoms with Gasteiger partial charge in [0.2, 0.25) is 5.91 Å². The molecular weight excluding hydrogens is 240 g/mol. The summed E-state index contributed by atoms with van der Waals surface area (Å²) in [6.45, 7) is 6.97. The van der Waals surface area contributed by atoms with Crippen LogP contribution in [0.1, 0.15) is 31.7 Å². The van der Waals surface area contributed by atoms with Crippen molar-refractivity contribution >= 4 is 5.91 Å². The first kappa shape index (κ1) is 12.7. The van der Waals surface area contributed by atoms with Crippen LogP contribution in [0.25, 0.3) is 0 Å². The van der Waals surface area contributed by atoms with Crippen molar-refractivity contribution in [3.63, 3.8) is 0 Å². The summed E-state index contributed by atoms with van der Waals surface area (Å²) in [5.74, 6) is 1.46. The zero-order valence-corrected chi connectivity index (χ0v) is 11.6. The molecule has 1 fully saturated rings. The summed E-state index contributed by atoms with van der Waals surface area (Å²) in [5, 5.41) is 3.33. The standard InChI is InChI=1S/C14H22N4O/c1-9-3-10(2)7-18(6-9)14(19)12-4-11-13(5-15-12)17-8-16-11/h8-10,12,15H,3-7H2,1-2H3,(H,16,17). The molecule has 0 bridgehead atoms. The van der Waals surface area contributed by atoms with Crippen LogP contribution >= 0.6 is 0 Å². The molecule has 1 saturated heterocycles. The highest BCUT2D eigenvalue weighted by Gasteiger charge is 2.32. The first-order valence-corrected chi connectivity index (χ1v) is 7.16. The number of nitrogens with one attached hydrogen (secondary N) is 2. The van der Waals surface area contributed by atoms with E-state index in [0.29, 0.717) is 24.8 Å². The third-order valence-corrected chi connectivity index (χ3v) is 4.21. The highest BCUT2D eigenvalue weighted by atomic mass is 16.2. The third kappa shape index (κ3) is 2.52. The van der Waals surface area contributed by atoms with E-state index < -0.39 is 0 Å². The van der Waals surface area contributed by atoms with Gasteiger partial charge in [-0.15, -0.1) is 0 Å². The van der Waals surface area contributed by atoms with Gasteiger partial charge in [0.15, 0.2) is 0 Å². The Morgan fingerprint density at radius 1 is 1.37 bits per heavy atom. The van der Waals surface area contributed by atoms with E-state index in [0.717, 1.165) is 24.5 Å². The Kier molecular flexibility index (Phi) is 3.31. The molecule has 2 N–H and O–H groups in total. The van der Waals surface area contributed by atoms with Gasteiger partial charge in [0, 0.05) is 26.1 Å². The lowest BCUT2D eigenvalue weighted by Crippen LogP contribution is -2.53. The van der Waals surface area contributed by atoms with E-state index in [1.807, 2.05) is 4.90 Å². The number of carbonyl (C=O) groups is 1. The fourth-order valence-electron chi connectivity index (χ4n) is 3.41. The Labute approximate surface area is 113 Å². The predicted molar refractivity (Wildman–Crippen MR) is 72.4 cm³/mol. The minimum Gasteiger partial charge on any atom is -0.347 e. The lowest BCUT2D eigenvalue weighted by Gasteiger charge is -2.37. The maximum Gasteiger partial charge on any atom is 0.240 e. The van der Waals surface area contributed by atoms with Crippen molar-refractivity contribution in [3.05, 3.63) is 17.7 Å². The average molecular weight is 262 g/mol. The molecule has 3 heterocycles. The van der Waals surface area contributed by atoms with Crippen LogP contribution in [0.3, 0.4) is 0 Å². The van der Waals surface area contributed by atoms with Gasteiger partial charge in [-0.05, 0) is 18.3 Å². The Bertz CT molecular complexity index is 460. The molecule has 1 aromatic heterocycles. The second kappa shape index (κ2) is 4.96. The summed E-state index contributed by atoms with van der Waals surface area (Å²) in [5.41, 5.74) is 2.15. The Morgan fingerprint density at radius 2 is 2.11 bits per heavy atom. The number of piperidine rings is 1. The van der Waals surface area contributed by atoms with Gasteiger partial charge in [-0.3, -0.25) is 10.1 Å². The van der Waals surface area contributed by atoms with Crippen LogP contribution in [0.15, 0.2) is 6.33 Å². The number of hydrogen-bond donors (Lipinski definition) is 2. The van der Waals surface area contributed by atoms with Gasteiger partial charge >= 0.3 is 0 Å². The van der Waals surface area contributed by atoms with Crippen LogP contribution < -0.4 is 5.32 Å². The number of H-pyrrole nitrogens is 1. The quantitative estimate of drug-likeness (QED) is 0.791. The number of rotatable bonds is 1. The zero-order valence-electron chi connectivity index (χ0n) is 11.6. The van der Waals surface area contributed by atoms with Gasteiger partial charge < -0.3 is 9.88 Å². The van der Waals surface area contributed by atoms with E-state index in [2.05, 4.69) is 29.1 Å². The zero-order chi connectivity index (χ0) is 13.4. The average Bonchev–Trinajstić information content (AvgIpc) is 2.83.